The van der Waals surface area contributed by atoms with Crippen LogP contribution in [-0.2, 0) is 21.3 Å². The summed E-state index contributed by atoms with van der Waals surface area (Å²) in [7, 11) is -2.70. The van der Waals surface area contributed by atoms with E-state index < -0.39 is 16.0 Å². The van der Waals surface area contributed by atoms with Crippen molar-refractivity contribution in [3.05, 3.63) is 45.4 Å². The summed E-state index contributed by atoms with van der Waals surface area (Å²) >= 11 is 6.65. The third kappa shape index (κ3) is 3.79. The van der Waals surface area contributed by atoms with Crippen molar-refractivity contribution in [2.45, 2.75) is 11.4 Å². The van der Waals surface area contributed by atoms with Crippen molar-refractivity contribution in [3.8, 4) is 0 Å². The van der Waals surface area contributed by atoms with Crippen molar-refractivity contribution in [3.63, 3.8) is 0 Å². The normalized spacial score (nSPS) is 11.3. The molecule has 0 aromatic carbocycles. The van der Waals surface area contributed by atoms with Gasteiger partial charge in [0.1, 0.15) is 9.77 Å². The third-order valence-electron chi connectivity index (χ3n) is 2.52. The Bertz CT molecular complexity index is 744. The number of hydrogen-bond donors (Lipinski definition) is 1. The Morgan fingerprint density at radius 1 is 1.52 bits per heavy atom. The molecular weight excluding hydrogens is 336 g/mol. The van der Waals surface area contributed by atoms with E-state index in [0.717, 1.165) is 11.3 Å². The lowest BCUT2D eigenvalue weighted by atomic mass is 10.3. The van der Waals surface area contributed by atoms with Gasteiger partial charge in [-0.2, -0.15) is 0 Å². The van der Waals surface area contributed by atoms with Gasteiger partial charge in [-0.05, 0) is 17.7 Å². The Hall–Kier alpha value is -1.48. The molecule has 112 valence electrons. The number of sulfonamides is 1. The molecule has 21 heavy (non-hydrogen) atoms. The second kappa shape index (κ2) is 6.52. The molecule has 0 saturated heterocycles. The van der Waals surface area contributed by atoms with Gasteiger partial charge < -0.3 is 4.74 Å². The van der Waals surface area contributed by atoms with Gasteiger partial charge in [0.05, 0.1) is 11.4 Å². The van der Waals surface area contributed by atoms with Crippen LogP contribution >= 0.6 is 22.9 Å². The van der Waals surface area contributed by atoms with Crippen LogP contribution in [0.15, 0.2) is 35.5 Å². The molecule has 2 aromatic heterocycles. The van der Waals surface area contributed by atoms with Gasteiger partial charge in [0, 0.05) is 18.9 Å². The number of carbonyl (C=O) groups is 1. The van der Waals surface area contributed by atoms with E-state index in [1.54, 1.807) is 24.5 Å². The molecular formula is C12H11ClN2O4S2. The van der Waals surface area contributed by atoms with Crippen molar-refractivity contribution in [2.75, 3.05) is 7.11 Å². The number of carbonyl (C=O) groups excluding carboxylic acids is 1. The quantitative estimate of drug-likeness (QED) is 0.837. The van der Waals surface area contributed by atoms with Crippen molar-refractivity contribution < 1.29 is 17.9 Å². The van der Waals surface area contributed by atoms with Crippen molar-refractivity contribution >= 4 is 38.9 Å². The fraction of sp³-hybridized carbons (Fsp3) is 0.167. The van der Waals surface area contributed by atoms with Gasteiger partial charge in [-0.25, -0.2) is 17.9 Å². The Morgan fingerprint density at radius 3 is 2.90 bits per heavy atom. The number of methoxy groups -OCH3 is 1. The van der Waals surface area contributed by atoms with E-state index in [9.17, 15) is 13.2 Å². The number of nitrogens with zero attached hydrogens (tertiary/aromatic N) is 1. The molecule has 0 amide bonds. The monoisotopic (exact) mass is 346 g/mol. The summed E-state index contributed by atoms with van der Waals surface area (Å²) in [6, 6.07) is 4.66. The summed E-state index contributed by atoms with van der Waals surface area (Å²) in [5.41, 5.74) is 0.696. The molecule has 2 aromatic rings. The van der Waals surface area contributed by atoms with Crippen LogP contribution in [0.25, 0.3) is 0 Å². The summed E-state index contributed by atoms with van der Waals surface area (Å²) in [5, 5.41) is 0. The van der Waals surface area contributed by atoms with Crippen molar-refractivity contribution in [1.82, 2.24) is 9.71 Å². The highest BCUT2D eigenvalue weighted by Crippen LogP contribution is 2.30. The molecule has 0 spiro atoms. The predicted molar refractivity (Wildman–Crippen MR) is 78.9 cm³/mol. The molecule has 2 heterocycles. The topological polar surface area (TPSA) is 85.4 Å². The van der Waals surface area contributed by atoms with Gasteiger partial charge in [0.15, 0.2) is 0 Å². The molecule has 0 aliphatic heterocycles. The standard InChI is InChI=1S/C12H11ClN2O4S2/c1-19-12(16)11-9(5-10(13)20-11)21(17,18)15-7-8-3-2-4-14-6-8/h2-6,15H,7H2,1H3. The second-order valence-electron chi connectivity index (χ2n) is 3.92. The lowest BCUT2D eigenvalue weighted by molar-refractivity contribution is 0.0602. The number of halogens is 1. The average molecular weight is 347 g/mol. The molecule has 0 unspecified atom stereocenters. The summed E-state index contributed by atoms with van der Waals surface area (Å²) in [6.45, 7) is 0.0598. The molecule has 0 bridgehead atoms. The van der Waals surface area contributed by atoms with Gasteiger partial charge in [-0.1, -0.05) is 17.7 Å². The zero-order valence-corrected chi connectivity index (χ0v) is 13.3. The van der Waals surface area contributed by atoms with E-state index in [1.807, 2.05) is 0 Å². The molecule has 1 N–H and O–H groups in total. The maximum absolute atomic E-state index is 12.3. The molecule has 0 aliphatic rings. The van der Waals surface area contributed by atoms with Crippen molar-refractivity contribution in [1.29, 1.82) is 0 Å². The van der Waals surface area contributed by atoms with Crippen LogP contribution < -0.4 is 4.72 Å². The molecule has 0 aliphatic carbocycles. The first kappa shape index (κ1) is 15.9. The first-order valence-corrected chi connectivity index (χ1v) is 8.38. The zero-order chi connectivity index (χ0) is 15.5. The number of thiophene rings is 1. The smallest absolute Gasteiger partial charge is 0.349 e. The van der Waals surface area contributed by atoms with E-state index in [0.29, 0.717) is 5.56 Å². The van der Waals surface area contributed by atoms with Crippen LogP contribution in [0.3, 0.4) is 0 Å². The summed E-state index contributed by atoms with van der Waals surface area (Å²) in [4.78, 5) is 15.2. The number of rotatable bonds is 5. The number of ether oxygens (including phenoxy) is 1. The fourth-order valence-electron chi connectivity index (χ4n) is 1.54. The largest absolute Gasteiger partial charge is 0.465 e. The van der Waals surface area contributed by atoms with E-state index in [4.69, 9.17) is 11.6 Å². The zero-order valence-electron chi connectivity index (χ0n) is 10.9. The molecule has 0 saturated carbocycles. The molecule has 9 heteroatoms. The van der Waals surface area contributed by atoms with Crippen LogP contribution in [0.5, 0.6) is 0 Å². The van der Waals surface area contributed by atoms with Crippen LogP contribution in [0.2, 0.25) is 4.34 Å². The van der Waals surface area contributed by atoms with Gasteiger partial charge in [-0.3, -0.25) is 4.98 Å². The van der Waals surface area contributed by atoms with E-state index in [-0.39, 0.29) is 20.7 Å². The highest BCUT2D eigenvalue weighted by molar-refractivity contribution is 7.89. The SMILES string of the molecule is COC(=O)c1sc(Cl)cc1S(=O)(=O)NCc1cccnc1. The maximum atomic E-state index is 12.3. The number of esters is 1. The minimum Gasteiger partial charge on any atom is -0.465 e. The minimum absolute atomic E-state index is 0.0545. The predicted octanol–water partition coefficient (Wildman–Crippen LogP) is 2.06. The van der Waals surface area contributed by atoms with E-state index >= 15 is 0 Å². The highest BCUT2D eigenvalue weighted by Gasteiger charge is 2.26. The van der Waals surface area contributed by atoms with Crippen LogP contribution in [-0.4, -0.2) is 26.5 Å². The number of nitrogens with one attached hydrogen (secondary N) is 1. The average Bonchev–Trinajstić information content (AvgIpc) is 2.88. The van der Waals surface area contributed by atoms with Gasteiger partial charge >= 0.3 is 5.97 Å². The summed E-state index contributed by atoms with van der Waals surface area (Å²) < 4.78 is 31.7. The number of pyridine rings is 1. The van der Waals surface area contributed by atoms with Crippen LogP contribution in [0.4, 0.5) is 0 Å². The number of aromatic nitrogens is 1. The number of hydrogen-bond acceptors (Lipinski definition) is 6. The molecule has 0 fully saturated rings. The Balaban J connectivity index is 2.26. The van der Waals surface area contributed by atoms with Crippen molar-refractivity contribution in [2.24, 2.45) is 0 Å². The minimum atomic E-state index is -3.88. The van der Waals surface area contributed by atoms with Crippen LogP contribution in [0.1, 0.15) is 15.2 Å². The van der Waals surface area contributed by atoms with E-state index in [2.05, 4.69) is 14.4 Å². The molecule has 0 radical (unpaired) electrons. The Labute approximate surface area is 130 Å². The summed E-state index contributed by atoms with van der Waals surface area (Å²) in [5.74, 6) is -0.742. The van der Waals surface area contributed by atoms with E-state index in [1.165, 1.54) is 13.2 Å². The van der Waals surface area contributed by atoms with Gasteiger partial charge in [-0.15, -0.1) is 11.3 Å². The van der Waals surface area contributed by atoms with Gasteiger partial charge in [0.2, 0.25) is 10.0 Å². The Morgan fingerprint density at radius 2 is 2.29 bits per heavy atom. The molecule has 6 nitrogen and oxygen atoms in total. The van der Waals surface area contributed by atoms with Crippen LogP contribution in [0, 0.1) is 0 Å². The fourth-order valence-corrected chi connectivity index (χ4v) is 4.28. The summed E-state index contributed by atoms with van der Waals surface area (Å²) in [6.07, 6.45) is 3.14. The third-order valence-corrected chi connectivity index (χ3v) is 5.32. The molecule has 0 atom stereocenters. The Kier molecular flexibility index (Phi) is 4.94. The lowest BCUT2D eigenvalue weighted by Crippen LogP contribution is -2.24. The highest BCUT2D eigenvalue weighted by atomic mass is 35.5. The first-order chi connectivity index (χ1) is 9.94. The molecule has 2 rings (SSSR count). The second-order valence-corrected chi connectivity index (χ2v) is 7.34. The lowest BCUT2D eigenvalue weighted by Gasteiger charge is -2.06. The van der Waals surface area contributed by atoms with Gasteiger partial charge in [0.25, 0.3) is 0 Å². The first-order valence-electron chi connectivity index (χ1n) is 5.70. The maximum Gasteiger partial charge on any atom is 0.349 e.